The molecule has 1 aromatic rings. The molecule has 1 heterocycles. The quantitative estimate of drug-likeness (QED) is 0.863. The van der Waals surface area contributed by atoms with Crippen molar-refractivity contribution in [2.24, 2.45) is 0 Å². The fourth-order valence-corrected chi connectivity index (χ4v) is 3.01. The van der Waals surface area contributed by atoms with Gasteiger partial charge in [0.15, 0.2) is 17.4 Å². The minimum absolute atomic E-state index is 0.265. The smallest absolute Gasteiger partial charge is 0.192 e. The van der Waals surface area contributed by atoms with Crippen LogP contribution in [0.25, 0.3) is 0 Å². The van der Waals surface area contributed by atoms with Gasteiger partial charge in [0.05, 0.1) is 18.0 Å². The fourth-order valence-electron chi connectivity index (χ4n) is 1.39. The van der Waals surface area contributed by atoms with Crippen LogP contribution in [0.5, 0.6) is 11.5 Å². The third-order valence-electron chi connectivity index (χ3n) is 1.99. The predicted molar refractivity (Wildman–Crippen MR) is 60.5 cm³/mol. The summed E-state index contributed by atoms with van der Waals surface area (Å²) in [6, 6.07) is 1.92. The number of ether oxygens (including phenoxy) is 2. The average molecular weight is 321 g/mol. The van der Waals surface area contributed by atoms with Crippen LogP contribution in [0, 0.1) is 5.41 Å². The van der Waals surface area contributed by atoms with Crippen LogP contribution in [0.3, 0.4) is 0 Å². The SMILES string of the molecule is COc1c(Br)cc2c(c1Br)OC(=N)C2. The second-order valence-electron chi connectivity index (χ2n) is 2.90. The molecular formula is C9H7Br2NO2. The summed E-state index contributed by atoms with van der Waals surface area (Å²) in [5.41, 5.74) is 0.995. The molecule has 0 bridgehead atoms. The Labute approximate surface area is 98.2 Å². The highest BCUT2D eigenvalue weighted by molar-refractivity contribution is 9.11. The summed E-state index contributed by atoms with van der Waals surface area (Å²) in [7, 11) is 1.59. The normalized spacial score (nSPS) is 13.8. The maximum absolute atomic E-state index is 7.43. The van der Waals surface area contributed by atoms with Crippen LogP contribution in [0.15, 0.2) is 15.0 Å². The molecule has 0 fully saturated rings. The minimum Gasteiger partial charge on any atom is -0.494 e. The molecule has 0 saturated carbocycles. The maximum Gasteiger partial charge on any atom is 0.192 e. The van der Waals surface area contributed by atoms with Gasteiger partial charge in [-0.25, -0.2) is 0 Å². The molecule has 0 aromatic heterocycles. The van der Waals surface area contributed by atoms with E-state index in [9.17, 15) is 0 Å². The zero-order valence-corrected chi connectivity index (χ0v) is 10.5. The van der Waals surface area contributed by atoms with Gasteiger partial charge in [-0.15, -0.1) is 0 Å². The minimum atomic E-state index is 0.265. The van der Waals surface area contributed by atoms with Gasteiger partial charge in [-0.3, -0.25) is 5.41 Å². The molecule has 14 heavy (non-hydrogen) atoms. The van der Waals surface area contributed by atoms with Crippen molar-refractivity contribution in [3.63, 3.8) is 0 Å². The number of methoxy groups -OCH3 is 1. The van der Waals surface area contributed by atoms with Crippen LogP contribution in [0.4, 0.5) is 0 Å². The lowest BCUT2D eigenvalue weighted by molar-refractivity contribution is 0.406. The largest absolute Gasteiger partial charge is 0.494 e. The molecule has 1 aliphatic rings. The number of rotatable bonds is 1. The lowest BCUT2D eigenvalue weighted by atomic mass is 10.1. The molecule has 5 heteroatoms. The third-order valence-corrected chi connectivity index (χ3v) is 3.30. The van der Waals surface area contributed by atoms with Gasteiger partial charge in [0.2, 0.25) is 0 Å². The molecule has 0 unspecified atom stereocenters. The average Bonchev–Trinajstić information content (AvgIpc) is 2.47. The van der Waals surface area contributed by atoms with Gasteiger partial charge in [-0.2, -0.15) is 0 Å². The molecular weight excluding hydrogens is 314 g/mol. The van der Waals surface area contributed by atoms with E-state index in [1.165, 1.54) is 0 Å². The highest BCUT2D eigenvalue weighted by Crippen LogP contribution is 2.45. The number of hydrogen-bond acceptors (Lipinski definition) is 3. The number of fused-ring (bicyclic) bond motifs is 1. The van der Waals surface area contributed by atoms with Crippen molar-refractivity contribution in [2.45, 2.75) is 6.42 Å². The Morgan fingerprint density at radius 2 is 2.21 bits per heavy atom. The first kappa shape index (κ1) is 9.98. The van der Waals surface area contributed by atoms with Crippen LogP contribution in [-0.4, -0.2) is 13.0 Å². The number of benzene rings is 1. The van der Waals surface area contributed by atoms with Crippen molar-refractivity contribution in [1.29, 1.82) is 5.41 Å². The van der Waals surface area contributed by atoms with Gasteiger partial charge in [-0.1, -0.05) is 0 Å². The summed E-state index contributed by atoms with van der Waals surface area (Å²) in [4.78, 5) is 0. The van der Waals surface area contributed by atoms with Crippen molar-refractivity contribution in [1.82, 2.24) is 0 Å². The van der Waals surface area contributed by atoms with Crippen LogP contribution in [-0.2, 0) is 6.42 Å². The predicted octanol–water partition coefficient (Wildman–Crippen LogP) is 3.13. The molecule has 0 radical (unpaired) electrons. The molecule has 1 aliphatic heterocycles. The van der Waals surface area contributed by atoms with Gasteiger partial charge in [0.25, 0.3) is 0 Å². The summed E-state index contributed by atoms with van der Waals surface area (Å²) in [6.07, 6.45) is 0.538. The van der Waals surface area contributed by atoms with Crippen molar-refractivity contribution in [2.75, 3.05) is 7.11 Å². The van der Waals surface area contributed by atoms with Crippen molar-refractivity contribution in [3.05, 3.63) is 20.6 Å². The van der Waals surface area contributed by atoms with Gasteiger partial charge in [0, 0.05) is 5.56 Å². The lowest BCUT2D eigenvalue weighted by Crippen LogP contribution is -1.99. The summed E-state index contributed by atoms with van der Waals surface area (Å²) in [6.45, 7) is 0. The molecule has 1 N–H and O–H groups in total. The second kappa shape index (κ2) is 3.55. The summed E-state index contributed by atoms with van der Waals surface area (Å²) >= 11 is 6.79. The molecule has 0 spiro atoms. The summed E-state index contributed by atoms with van der Waals surface area (Å²) in [5, 5.41) is 7.43. The van der Waals surface area contributed by atoms with Gasteiger partial charge < -0.3 is 9.47 Å². The number of hydrogen-bond donors (Lipinski definition) is 1. The second-order valence-corrected chi connectivity index (χ2v) is 4.54. The van der Waals surface area contributed by atoms with E-state index in [0.717, 1.165) is 14.5 Å². The number of nitrogens with one attached hydrogen (secondary N) is 1. The molecule has 74 valence electrons. The zero-order chi connectivity index (χ0) is 10.3. The van der Waals surface area contributed by atoms with E-state index in [1.807, 2.05) is 6.07 Å². The third kappa shape index (κ3) is 1.44. The van der Waals surface area contributed by atoms with Crippen molar-refractivity contribution < 1.29 is 9.47 Å². The molecule has 3 nitrogen and oxygen atoms in total. The van der Waals surface area contributed by atoms with E-state index < -0.39 is 0 Å². The van der Waals surface area contributed by atoms with Gasteiger partial charge in [-0.05, 0) is 37.9 Å². The van der Waals surface area contributed by atoms with Gasteiger partial charge >= 0.3 is 0 Å². The van der Waals surface area contributed by atoms with E-state index in [1.54, 1.807) is 7.11 Å². The standard InChI is InChI=1S/C9H7Br2NO2/c1-13-9-5(10)2-4-3-6(12)14-8(4)7(9)11/h2,12H,3H2,1H3. The van der Waals surface area contributed by atoms with Crippen LogP contribution < -0.4 is 9.47 Å². The fraction of sp³-hybridized carbons (Fsp3) is 0.222. The molecule has 0 amide bonds. The maximum atomic E-state index is 7.43. The summed E-state index contributed by atoms with van der Waals surface area (Å²) < 4.78 is 12.1. The van der Waals surface area contributed by atoms with Gasteiger partial charge in [0.1, 0.15) is 4.47 Å². The first-order chi connectivity index (χ1) is 6.63. The first-order valence-corrected chi connectivity index (χ1v) is 5.52. The Hall–Kier alpha value is -0.550. The molecule has 1 aromatic carbocycles. The van der Waals surface area contributed by atoms with Crippen LogP contribution in [0.2, 0.25) is 0 Å². The molecule has 0 atom stereocenters. The first-order valence-electron chi connectivity index (χ1n) is 3.93. The van der Waals surface area contributed by atoms with E-state index in [0.29, 0.717) is 17.9 Å². The Morgan fingerprint density at radius 3 is 2.86 bits per heavy atom. The topological polar surface area (TPSA) is 42.3 Å². The highest BCUT2D eigenvalue weighted by Gasteiger charge is 2.24. The number of halogens is 2. The lowest BCUT2D eigenvalue weighted by Gasteiger charge is -2.09. The highest BCUT2D eigenvalue weighted by atomic mass is 79.9. The Morgan fingerprint density at radius 1 is 1.50 bits per heavy atom. The van der Waals surface area contributed by atoms with Crippen LogP contribution >= 0.6 is 31.9 Å². The Kier molecular flexibility index (Phi) is 2.53. The Balaban J connectivity index is 2.62. The monoisotopic (exact) mass is 319 g/mol. The van der Waals surface area contributed by atoms with E-state index in [2.05, 4.69) is 31.9 Å². The molecule has 2 rings (SSSR count). The zero-order valence-electron chi connectivity index (χ0n) is 7.36. The van der Waals surface area contributed by atoms with E-state index >= 15 is 0 Å². The van der Waals surface area contributed by atoms with E-state index in [-0.39, 0.29) is 5.90 Å². The van der Waals surface area contributed by atoms with E-state index in [4.69, 9.17) is 14.9 Å². The molecule has 0 aliphatic carbocycles. The van der Waals surface area contributed by atoms with Crippen molar-refractivity contribution in [3.8, 4) is 11.5 Å². The molecule has 0 saturated heterocycles. The Bertz CT molecular complexity index is 418. The van der Waals surface area contributed by atoms with Crippen LogP contribution in [0.1, 0.15) is 5.56 Å². The summed E-state index contributed by atoms with van der Waals surface area (Å²) in [5.74, 6) is 1.65. The van der Waals surface area contributed by atoms with Crippen molar-refractivity contribution >= 4 is 37.8 Å².